The number of carbonyl (C=O) groups excluding carboxylic acids is 1. The van der Waals surface area contributed by atoms with E-state index >= 15 is 0 Å². The second-order valence-electron chi connectivity index (χ2n) is 5.95. The van der Waals surface area contributed by atoms with E-state index in [-0.39, 0.29) is 24.6 Å². The second kappa shape index (κ2) is 8.82. The molecular weight excluding hydrogens is 352 g/mol. The molecule has 0 aliphatic carbocycles. The number of nitrogens with zero attached hydrogens (tertiary/aromatic N) is 1. The Morgan fingerprint density at radius 1 is 1.08 bits per heavy atom. The van der Waals surface area contributed by atoms with Crippen molar-refractivity contribution >= 4 is 21.7 Å². The van der Waals surface area contributed by atoms with Gasteiger partial charge in [-0.05, 0) is 50.1 Å². The number of carbonyl (C=O) groups is 1. The van der Waals surface area contributed by atoms with Gasteiger partial charge in [-0.2, -0.15) is 4.31 Å². The van der Waals surface area contributed by atoms with Crippen molar-refractivity contribution in [3.05, 3.63) is 59.7 Å². The number of anilines is 1. The van der Waals surface area contributed by atoms with Crippen LogP contribution >= 0.6 is 0 Å². The molecule has 0 atom stereocenters. The summed E-state index contributed by atoms with van der Waals surface area (Å²) < 4.78 is 32.0. The summed E-state index contributed by atoms with van der Waals surface area (Å²) in [5, 5.41) is 0. The first kappa shape index (κ1) is 19.9. The zero-order valence-electron chi connectivity index (χ0n) is 15.0. The summed E-state index contributed by atoms with van der Waals surface area (Å²) in [6.07, 6.45) is 0.463. The highest BCUT2D eigenvalue weighted by molar-refractivity contribution is 7.89. The summed E-state index contributed by atoms with van der Waals surface area (Å²) in [6.45, 7) is 3.62. The van der Waals surface area contributed by atoms with Crippen molar-refractivity contribution in [2.24, 2.45) is 0 Å². The number of esters is 1. The van der Waals surface area contributed by atoms with E-state index in [1.807, 2.05) is 19.1 Å². The number of nitrogen functional groups attached to an aromatic ring is 1. The van der Waals surface area contributed by atoms with Gasteiger partial charge in [-0.1, -0.05) is 29.8 Å². The second-order valence-corrected chi connectivity index (χ2v) is 7.89. The Morgan fingerprint density at radius 3 is 2.27 bits per heavy atom. The Kier molecular flexibility index (Phi) is 6.76. The van der Waals surface area contributed by atoms with Gasteiger partial charge in [-0.3, -0.25) is 4.79 Å². The molecule has 0 bridgehead atoms. The third-order valence-electron chi connectivity index (χ3n) is 3.90. The molecule has 0 aliphatic rings. The van der Waals surface area contributed by atoms with Crippen LogP contribution in [0.25, 0.3) is 0 Å². The van der Waals surface area contributed by atoms with Crippen molar-refractivity contribution in [1.29, 1.82) is 0 Å². The fraction of sp³-hybridized carbons (Fsp3) is 0.316. The number of benzene rings is 2. The molecule has 0 fully saturated rings. The highest BCUT2D eigenvalue weighted by Crippen LogP contribution is 2.17. The van der Waals surface area contributed by atoms with Crippen LogP contribution in [0.1, 0.15) is 18.1 Å². The molecule has 26 heavy (non-hydrogen) atoms. The van der Waals surface area contributed by atoms with Gasteiger partial charge in [-0.25, -0.2) is 8.42 Å². The van der Waals surface area contributed by atoms with E-state index in [0.717, 1.165) is 15.4 Å². The molecule has 7 heteroatoms. The lowest BCUT2D eigenvalue weighted by Gasteiger charge is -2.21. The lowest BCUT2D eigenvalue weighted by molar-refractivity contribution is -0.143. The Morgan fingerprint density at radius 2 is 1.69 bits per heavy atom. The minimum absolute atomic E-state index is 0.157. The smallest absolute Gasteiger partial charge is 0.321 e. The first-order valence-corrected chi connectivity index (χ1v) is 9.84. The van der Waals surface area contributed by atoms with E-state index in [1.54, 1.807) is 43.3 Å². The fourth-order valence-electron chi connectivity index (χ4n) is 2.43. The SMILES string of the molecule is CCOC(=O)CN(CCc1ccc(N)cc1)S(=O)(=O)c1ccc(C)cc1. The summed E-state index contributed by atoms with van der Waals surface area (Å²) in [4.78, 5) is 12.1. The van der Waals surface area contributed by atoms with Gasteiger partial charge in [0.2, 0.25) is 10.0 Å². The molecule has 140 valence electrons. The van der Waals surface area contributed by atoms with E-state index in [1.165, 1.54) is 0 Å². The maximum Gasteiger partial charge on any atom is 0.321 e. The molecule has 0 saturated carbocycles. The summed E-state index contributed by atoms with van der Waals surface area (Å²) >= 11 is 0. The van der Waals surface area contributed by atoms with E-state index in [4.69, 9.17) is 10.5 Å². The Hall–Kier alpha value is -2.38. The molecule has 2 aromatic rings. The summed E-state index contributed by atoms with van der Waals surface area (Å²) in [5.41, 5.74) is 8.21. The first-order chi connectivity index (χ1) is 12.3. The lowest BCUT2D eigenvalue weighted by atomic mass is 10.1. The number of hydrogen-bond acceptors (Lipinski definition) is 5. The van der Waals surface area contributed by atoms with Gasteiger partial charge in [0.25, 0.3) is 0 Å². The van der Waals surface area contributed by atoms with Crippen molar-refractivity contribution in [2.75, 3.05) is 25.4 Å². The van der Waals surface area contributed by atoms with Gasteiger partial charge in [0.1, 0.15) is 6.54 Å². The highest BCUT2D eigenvalue weighted by atomic mass is 32.2. The predicted molar refractivity (Wildman–Crippen MR) is 101 cm³/mol. The molecule has 6 nitrogen and oxygen atoms in total. The molecule has 2 aromatic carbocycles. The van der Waals surface area contributed by atoms with Crippen molar-refractivity contribution in [2.45, 2.75) is 25.2 Å². The molecule has 0 amide bonds. The normalized spacial score (nSPS) is 11.5. The maximum atomic E-state index is 13.0. The van der Waals surface area contributed by atoms with E-state index < -0.39 is 16.0 Å². The summed E-state index contributed by atoms with van der Waals surface area (Å²) in [6, 6.07) is 13.8. The minimum atomic E-state index is -3.80. The maximum absolute atomic E-state index is 13.0. The molecule has 0 aliphatic heterocycles. The Labute approximate surface area is 154 Å². The molecule has 0 radical (unpaired) electrons. The van der Waals surface area contributed by atoms with Crippen LogP contribution in [0.3, 0.4) is 0 Å². The van der Waals surface area contributed by atoms with Crippen LogP contribution < -0.4 is 5.73 Å². The van der Waals surface area contributed by atoms with Crippen molar-refractivity contribution in [3.8, 4) is 0 Å². The number of nitrogens with two attached hydrogens (primary N) is 1. The number of rotatable bonds is 8. The monoisotopic (exact) mass is 376 g/mol. The van der Waals surface area contributed by atoms with E-state index in [2.05, 4.69) is 0 Å². The molecule has 0 unspecified atom stereocenters. The average molecular weight is 376 g/mol. The van der Waals surface area contributed by atoms with Gasteiger partial charge in [0, 0.05) is 12.2 Å². The first-order valence-electron chi connectivity index (χ1n) is 8.40. The van der Waals surface area contributed by atoms with Gasteiger partial charge in [0.15, 0.2) is 0 Å². The van der Waals surface area contributed by atoms with Crippen LogP contribution in [0.2, 0.25) is 0 Å². The minimum Gasteiger partial charge on any atom is -0.465 e. The molecule has 0 spiro atoms. The van der Waals surface area contributed by atoms with E-state index in [9.17, 15) is 13.2 Å². The van der Waals surface area contributed by atoms with E-state index in [0.29, 0.717) is 12.1 Å². The quantitative estimate of drug-likeness (QED) is 0.564. The van der Waals surface area contributed by atoms with Crippen molar-refractivity contribution in [3.63, 3.8) is 0 Å². The predicted octanol–water partition coefficient (Wildman–Crippen LogP) is 2.37. The van der Waals surface area contributed by atoms with Gasteiger partial charge in [0.05, 0.1) is 11.5 Å². The van der Waals surface area contributed by atoms with Crippen LogP contribution in [-0.4, -0.2) is 38.4 Å². The number of hydrogen-bond donors (Lipinski definition) is 1. The average Bonchev–Trinajstić information content (AvgIpc) is 2.60. The van der Waals surface area contributed by atoms with Crippen LogP contribution in [0.5, 0.6) is 0 Å². The van der Waals surface area contributed by atoms with Crippen LogP contribution in [0.15, 0.2) is 53.4 Å². The molecule has 2 rings (SSSR count). The zero-order chi connectivity index (χ0) is 19.2. The van der Waals surface area contributed by atoms with Crippen molar-refractivity contribution < 1.29 is 17.9 Å². The standard InChI is InChI=1S/C19H24N2O4S/c1-3-25-19(22)14-21(13-12-16-6-8-17(20)9-7-16)26(23,24)18-10-4-15(2)5-11-18/h4-11H,3,12-14,20H2,1-2H3. The largest absolute Gasteiger partial charge is 0.465 e. The van der Waals surface area contributed by atoms with Crippen LogP contribution in [0, 0.1) is 6.92 Å². The van der Waals surface area contributed by atoms with Gasteiger partial charge in [-0.15, -0.1) is 0 Å². The molecule has 0 saturated heterocycles. The number of ether oxygens (including phenoxy) is 1. The lowest BCUT2D eigenvalue weighted by Crippen LogP contribution is -2.38. The molecule has 2 N–H and O–H groups in total. The number of aryl methyl sites for hydroxylation is 1. The third-order valence-corrected chi connectivity index (χ3v) is 5.76. The van der Waals surface area contributed by atoms with Crippen molar-refractivity contribution in [1.82, 2.24) is 4.31 Å². The van der Waals surface area contributed by atoms with Crippen LogP contribution in [0.4, 0.5) is 5.69 Å². The molecule has 0 heterocycles. The molecular formula is C19H24N2O4S. The van der Waals surface area contributed by atoms with Gasteiger partial charge < -0.3 is 10.5 Å². The fourth-order valence-corrected chi connectivity index (χ4v) is 3.82. The topological polar surface area (TPSA) is 89.7 Å². The highest BCUT2D eigenvalue weighted by Gasteiger charge is 2.26. The Balaban J connectivity index is 2.22. The summed E-state index contributed by atoms with van der Waals surface area (Å²) in [5.74, 6) is -0.569. The number of sulfonamides is 1. The van der Waals surface area contributed by atoms with Gasteiger partial charge >= 0.3 is 5.97 Å². The third kappa shape index (κ3) is 5.31. The Bertz CT molecular complexity index is 831. The van der Waals surface area contributed by atoms with Crippen LogP contribution in [-0.2, 0) is 26.0 Å². The zero-order valence-corrected chi connectivity index (χ0v) is 15.8. The summed E-state index contributed by atoms with van der Waals surface area (Å²) in [7, 11) is -3.80. The molecule has 0 aromatic heterocycles.